The molecule has 2 heterocycles. The molecule has 1 saturated heterocycles. The fraction of sp³-hybridized carbons (Fsp3) is 0.840. The molecule has 4 aliphatic carbocycles. The number of esters is 2. The molecule has 1 spiro atoms. The number of carbonyl (C=O) groups excluding carboxylic acids is 2. The Labute approximate surface area is 188 Å². The molecule has 176 valence electrons. The van der Waals surface area contributed by atoms with Crippen LogP contribution in [-0.4, -0.2) is 52.4 Å². The van der Waals surface area contributed by atoms with E-state index in [9.17, 15) is 19.8 Å². The van der Waals surface area contributed by atoms with E-state index in [1.54, 1.807) is 6.08 Å². The van der Waals surface area contributed by atoms with Gasteiger partial charge in [-0.3, -0.25) is 4.79 Å². The van der Waals surface area contributed by atoms with Crippen LogP contribution in [0.4, 0.5) is 0 Å². The van der Waals surface area contributed by atoms with Gasteiger partial charge in [0, 0.05) is 25.3 Å². The summed E-state index contributed by atoms with van der Waals surface area (Å²) in [6, 6.07) is 0. The summed E-state index contributed by atoms with van der Waals surface area (Å²) in [6.07, 6.45) is 7.15. The Kier molecular flexibility index (Phi) is 4.34. The van der Waals surface area contributed by atoms with Crippen molar-refractivity contribution in [3.05, 3.63) is 11.6 Å². The van der Waals surface area contributed by atoms with Crippen LogP contribution >= 0.6 is 0 Å². The van der Waals surface area contributed by atoms with Crippen molar-refractivity contribution in [3.8, 4) is 0 Å². The van der Waals surface area contributed by atoms with E-state index in [-0.39, 0.29) is 35.3 Å². The summed E-state index contributed by atoms with van der Waals surface area (Å²) in [4.78, 5) is 23.3. The monoisotopic (exact) mass is 446 g/mol. The number of fused-ring (bicyclic) bond motifs is 1. The molecule has 0 aromatic carbocycles. The average Bonchev–Trinajstić information content (AvgIpc) is 3.34. The highest BCUT2D eigenvalue weighted by molar-refractivity contribution is 5.85. The molecule has 6 rings (SSSR count). The molecule has 2 N–H and O–H groups in total. The van der Waals surface area contributed by atoms with E-state index in [1.807, 2.05) is 0 Å². The SMILES string of the molecule is CC(=O)O[C@H]1CC[C@@]23[C@@H]4CC[C@]5(C)[C@H](C6=CC(=O)OC6)CC[C@@H]5[C@]4(CC[C@@]2(O)C1)O[C@@H]3O. The molecule has 2 aliphatic heterocycles. The molecule has 0 amide bonds. The van der Waals surface area contributed by atoms with Gasteiger partial charge in [-0.05, 0) is 74.2 Å². The second kappa shape index (κ2) is 6.57. The predicted molar refractivity (Wildman–Crippen MR) is 112 cm³/mol. The Morgan fingerprint density at radius 1 is 1.12 bits per heavy atom. The van der Waals surface area contributed by atoms with Crippen molar-refractivity contribution in [3.63, 3.8) is 0 Å². The summed E-state index contributed by atoms with van der Waals surface area (Å²) in [7, 11) is 0. The van der Waals surface area contributed by atoms with Gasteiger partial charge in [-0.25, -0.2) is 4.79 Å². The molecule has 7 nitrogen and oxygen atoms in total. The van der Waals surface area contributed by atoms with Crippen molar-refractivity contribution in [2.24, 2.45) is 28.6 Å². The van der Waals surface area contributed by atoms with Gasteiger partial charge in [0.25, 0.3) is 0 Å². The van der Waals surface area contributed by atoms with E-state index in [0.29, 0.717) is 44.6 Å². The minimum atomic E-state index is -1.09. The molecule has 0 aromatic heterocycles. The standard InChI is InChI=1S/C25H34O7/c1-14(26)31-16-5-8-24-19-6-7-22(2)17(15-11-20(27)30-13-15)3-4-18(22)25(19,32-21(24)28)10-9-23(24,29)12-16/h11,16-19,21,28-29H,3-10,12-13H2,1-2H3/t16-,17-,18-,19-,21-,22+,23+,24-,25-/m0/s1. The van der Waals surface area contributed by atoms with E-state index in [1.165, 1.54) is 6.92 Å². The molecular weight excluding hydrogens is 412 g/mol. The molecule has 5 fully saturated rings. The van der Waals surface area contributed by atoms with Gasteiger partial charge < -0.3 is 24.4 Å². The lowest BCUT2D eigenvalue weighted by atomic mass is 9.42. The summed E-state index contributed by atoms with van der Waals surface area (Å²) < 4.78 is 17.3. The highest BCUT2D eigenvalue weighted by atomic mass is 16.6. The van der Waals surface area contributed by atoms with E-state index >= 15 is 0 Å². The van der Waals surface area contributed by atoms with Crippen LogP contribution in [0.2, 0.25) is 0 Å². The topological polar surface area (TPSA) is 102 Å². The first-order chi connectivity index (χ1) is 15.1. The van der Waals surface area contributed by atoms with Crippen LogP contribution < -0.4 is 0 Å². The van der Waals surface area contributed by atoms with Crippen molar-refractivity contribution in [1.82, 2.24) is 0 Å². The number of carbonyl (C=O) groups is 2. The van der Waals surface area contributed by atoms with E-state index in [2.05, 4.69) is 6.92 Å². The van der Waals surface area contributed by atoms with Crippen molar-refractivity contribution in [1.29, 1.82) is 0 Å². The van der Waals surface area contributed by atoms with Gasteiger partial charge in [0.1, 0.15) is 12.7 Å². The Morgan fingerprint density at radius 3 is 2.66 bits per heavy atom. The third kappa shape index (κ3) is 2.43. The fourth-order valence-corrected chi connectivity index (χ4v) is 9.50. The third-order valence-electron chi connectivity index (χ3n) is 10.6. The van der Waals surface area contributed by atoms with Crippen LogP contribution in [0.3, 0.4) is 0 Å². The molecule has 7 heteroatoms. The van der Waals surface area contributed by atoms with Crippen molar-refractivity contribution in [2.75, 3.05) is 6.61 Å². The van der Waals surface area contributed by atoms with Crippen LogP contribution in [-0.2, 0) is 23.8 Å². The maximum absolute atomic E-state index is 11.9. The maximum Gasteiger partial charge on any atom is 0.331 e. The summed E-state index contributed by atoms with van der Waals surface area (Å²) in [6.45, 7) is 4.14. The second-order valence-corrected chi connectivity index (χ2v) is 11.6. The summed E-state index contributed by atoms with van der Waals surface area (Å²) >= 11 is 0. The van der Waals surface area contributed by atoms with Gasteiger partial charge in [0.15, 0.2) is 6.29 Å². The van der Waals surface area contributed by atoms with Gasteiger partial charge in [-0.2, -0.15) is 0 Å². The summed E-state index contributed by atoms with van der Waals surface area (Å²) in [5.41, 5.74) is -1.13. The summed E-state index contributed by atoms with van der Waals surface area (Å²) in [5, 5.41) is 23.3. The first kappa shape index (κ1) is 21.1. The van der Waals surface area contributed by atoms with Gasteiger partial charge in [0.05, 0.1) is 16.6 Å². The molecule has 0 aromatic rings. The van der Waals surface area contributed by atoms with Gasteiger partial charge in [-0.15, -0.1) is 0 Å². The molecule has 6 aliphatic rings. The van der Waals surface area contributed by atoms with Crippen LogP contribution in [0.5, 0.6) is 0 Å². The minimum absolute atomic E-state index is 0.00797. The highest BCUT2D eigenvalue weighted by Gasteiger charge is 2.79. The number of rotatable bonds is 2. The smallest absolute Gasteiger partial charge is 0.331 e. The first-order valence-corrected chi connectivity index (χ1v) is 12.3. The maximum atomic E-state index is 11.9. The fourth-order valence-electron chi connectivity index (χ4n) is 9.50. The van der Waals surface area contributed by atoms with Crippen molar-refractivity contribution in [2.45, 2.75) is 95.2 Å². The molecule has 9 atom stereocenters. The zero-order chi connectivity index (χ0) is 22.5. The molecule has 32 heavy (non-hydrogen) atoms. The van der Waals surface area contributed by atoms with Gasteiger partial charge >= 0.3 is 11.9 Å². The molecular formula is C25H34O7. The number of hydrogen-bond acceptors (Lipinski definition) is 7. The number of aliphatic hydroxyl groups is 2. The Hall–Kier alpha value is -1.44. The number of cyclic esters (lactones) is 1. The molecule has 2 bridgehead atoms. The average molecular weight is 447 g/mol. The van der Waals surface area contributed by atoms with Crippen molar-refractivity contribution < 1.29 is 34.0 Å². The van der Waals surface area contributed by atoms with Gasteiger partial charge in [0.2, 0.25) is 0 Å². The Bertz CT molecular complexity index is 899. The zero-order valence-electron chi connectivity index (χ0n) is 19.0. The van der Waals surface area contributed by atoms with E-state index in [4.69, 9.17) is 14.2 Å². The molecule has 0 unspecified atom stereocenters. The van der Waals surface area contributed by atoms with Crippen LogP contribution in [0.25, 0.3) is 0 Å². The highest BCUT2D eigenvalue weighted by Crippen LogP contribution is 2.76. The lowest BCUT2D eigenvalue weighted by Crippen LogP contribution is -2.67. The Balaban J connectivity index is 1.35. The predicted octanol–water partition coefficient (Wildman–Crippen LogP) is 2.63. The zero-order valence-corrected chi connectivity index (χ0v) is 19.0. The van der Waals surface area contributed by atoms with Crippen LogP contribution in [0, 0.1) is 28.6 Å². The normalized spacial score (nSPS) is 53.7. The van der Waals surface area contributed by atoms with Crippen LogP contribution in [0.1, 0.15) is 71.6 Å². The molecule has 4 saturated carbocycles. The van der Waals surface area contributed by atoms with Gasteiger partial charge in [-0.1, -0.05) is 6.92 Å². The number of ether oxygens (including phenoxy) is 3. The quantitative estimate of drug-likeness (QED) is 0.629. The number of hydrogen-bond donors (Lipinski definition) is 2. The van der Waals surface area contributed by atoms with Crippen molar-refractivity contribution >= 4 is 11.9 Å². The number of aliphatic hydroxyl groups excluding tert-OH is 1. The van der Waals surface area contributed by atoms with E-state index in [0.717, 1.165) is 31.3 Å². The first-order valence-electron chi connectivity index (χ1n) is 12.3. The minimum Gasteiger partial charge on any atom is -0.462 e. The lowest BCUT2D eigenvalue weighted by Gasteiger charge is -2.63. The molecule has 0 radical (unpaired) electrons. The third-order valence-corrected chi connectivity index (χ3v) is 10.6. The largest absolute Gasteiger partial charge is 0.462 e. The second-order valence-electron chi connectivity index (χ2n) is 11.6. The summed E-state index contributed by atoms with van der Waals surface area (Å²) in [5.74, 6) is 0.108. The lowest BCUT2D eigenvalue weighted by molar-refractivity contribution is -0.234. The van der Waals surface area contributed by atoms with E-state index < -0.39 is 22.9 Å². The Morgan fingerprint density at radius 2 is 1.94 bits per heavy atom. The van der Waals surface area contributed by atoms with Crippen LogP contribution in [0.15, 0.2) is 11.6 Å².